The van der Waals surface area contributed by atoms with Crippen LogP contribution in [0.15, 0.2) is 36.9 Å². The Labute approximate surface area is 163 Å². The predicted octanol–water partition coefficient (Wildman–Crippen LogP) is 2.77. The third-order valence-corrected chi connectivity index (χ3v) is 6.07. The van der Waals surface area contributed by atoms with Gasteiger partial charge in [0.15, 0.2) is 0 Å². The SMILES string of the molecule is C=CCN1CC[C@@]2(CCC1=O)CN(Cc1ccc(OCC)cc1)CCN2C. The molecule has 0 saturated carbocycles. The lowest BCUT2D eigenvalue weighted by molar-refractivity contribution is -0.130. The maximum atomic E-state index is 12.4. The molecule has 2 heterocycles. The summed E-state index contributed by atoms with van der Waals surface area (Å²) in [5, 5.41) is 0. The van der Waals surface area contributed by atoms with Crippen LogP contribution in [0.3, 0.4) is 0 Å². The van der Waals surface area contributed by atoms with Gasteiger partial charge in [0.2, 0.25) is 5.91 Å². The van der Waals surface area contributed by atoms with Crippen molar-refractivity contribution < 1.29 is 9.53 Å². The summed E-state index contributed by atoms with van der Waals surface area (Å²) >= 11 is 0. The number of likely N-dealkylation sites (tertiary alicyclic amines) is 1. The average Bonchev–Trinajstić information content (AvgIpc) is 2.82. The number of ether oxygens (including phenoxy) is 1. The Morgan fingerprint density at radius 3 is 2.67 bits per heavy atom. The normalized spacial score (nSPS) is 24.8. The van der Waals surface area contributed by atoms with Crippen molar-refractivity contribution >= 4 is 5.91 Å². The van der Waals surface area contributed by atoms with Crippen molar-refractivity contribution in [1.29, 1.82) is 0 Å². The molecule has 3 rings (SSSR count). The van der Waals surface area contributed by atoms with Crippen LogP contribution in [0.1, 0.15) is 31.7 Å². The van der Waals surface area contributed by atoms with Crippen molar-refractivity contribution in [2.24, 2.45) is 0 Å². The molecule has 5 nitrogen and oxygen atoms in total. The fourth-order valence-electron chi connectivity index (χ4n) is 4.37. The van der Waals surface area contributed by atoms with E-state index in [0.29, 0.717) is 19.6 Å². The van der Waals surface area contributed by atoms with E-state index in [1.165, 1.54) is 5.56 Å². The topological polar surface area (TPSA) is 36.0 Å². The number of piperazine rings is 1. The first kappa shape index (κ1) is 19.9. The minimum absolute atomic E-state index is 0.0924. The van der Waals surface area contributed by atoms with E-state index in [-0.39, 0.29) is 11.4 Å². The molecule has 0 radical (unpaired) electrons. The molecule has 0 N–H and O–H groups in total. The summed E-state index contributed by atoms with van der Waals surface area (Å²) in [6.45, 7) is 12.1. The Morgan fingerprint density at radius 2 is 1.96 bits per heavy atom. The maximum Gasteiger partial charge on any atom is 0.222 e. The first-order chi connectivity index (χ1) is 13.1. The van der Waals surface area contributed by atoms with Gasteiger partial charge in [0.05, 0.1) is 6.61 Å². The summed E-state index contributed by atoms with van der Waals surface area (Å²) in [7, 11) is 2.22. The van der Waals surface area contributed by atoms with Crippen LogP contribution in [0, 0.1) is 0 Å². The third-order valence-electron chi connectivity index (χ3n) is 6.07. The van der Waals surface area contributed by atoms with E-state index in [9.17, 15) is 4.79 Å². The van der Waals surface area contributed by atoms with Gasteiger partial charge in [-0.05, 0) is 44.5 Å². The summed E-state index contributed by atoms with van der Waals surface area (Å²) in [6.07, 6.45) is 4.44. The molecule has 0 aromatic heterocycles. The van der Waals surface area contributed by atoms with Gasteiger partial charge in [-0.1, -0.05) is 18.2 Å². The van der Waals surface area contributed by atoms with Crippen molar-refractivity contribution in [2.75, 3.05) is 46.4 Å². The lowest BCUT2D eigenvalue weighted by Crippen LogP contribution is -2.60. The summed E-state index contributed by atoms with van der Waals surface area (Å²) in [4.78, 5) is 19.4. The Bertz CT molecular complexity index is 645. The molecule has 2 saturated heterocycles. The largest absolute Gasteiger partial charge is 0.494 e. The van der Waals surface area contributed by atoms with Gasteiger partial charge in [0, 0.05) is 51.2 Å². The molecule has 5 heteroatoms. The molecular formula is C22H33N3O2. The van der Waals surface area contributed by atoms with E-state index in [2.05, 4.69) is 47.7 Å². The van der Waals surface area contributed by atoms with Gasteiger partial charge in [-0.2, -0.15) is 0 Å². The van der Waals surface area contributed by atoms with Crippen LogP contribution < -0.4 is 4.74 Å². The Kier molecular flexibility index (Phi) is 6.55. The number of rotatable bonds is 6. The molecule has 148 valence electrons. The highest BCUT2D eigenvalue weighted by Gasteiger charge is 2.41. The summed E-state index contributed by atoms with van der Waals surface area (Å²) in [5.74, 6) is 1.20. The molecule has 0 aliphatic carbocycles. The van der Waals surface area contributed by atoms with Gasteiger partial charge in [-0.3, -0.25) is 14.6 Å². The maximum absolute atomic E-state index is 12.4. The van der Waals surface area contributed by atoms with Gasteiger partial charge < -0.3 is 9.64 Å². The van der Waals surface area contributed by atoms with Gasteiger partial charge >= 0.3 is 0 Å². The molecule has 2 aliphatic heterocycles. The minimum atomic E-state index is 0.0924. The van der Waals surface area contributed by atoms with Crippen LogP contribution in [0.4, 0.5) is 0 Å². The summed E-state index contributed by atoms with van der Waals surface area (Å²) in [6, 6.07) is 8.45. The van der Waals surface area contributed by atoms with E-state index < -0.39 is 0 Å². The number of benzene rings is 1. The Morgan fingerprint density at radius 1 is 1.19 bits per heavy atom. The van der Waals surface area contributed by atoms with E-state index in [0.717, 1.165) is 51.3 Å². The zero-order chi connectivity index (χ0) is 19.3. The fourth-order valence-corrected chi connectivity index (χ4v) is 4.37. The van der Waals surface area contributed by atoms with Crippen LogP contribution in [0.25, 0.3) is 0 Å². The number of hydrogen-bond donors (Lipinski definition) is 0. The lowest BCUT2D eigenvalue weighted by Gasteiger charge is -2.49. The molecule has 2 fully saturated rings. The standard InChI is InChI=1S/C22H33N3O2/c1-4-13-25-14-12-22(11-10-21(25)26)18-24(16-15-23(22)3)17-19-6-8-20(9-7-19)27-5-2/h4,6-9H,1,5,10-18H2,2-3H3/t22-/m0/s1. The van der Waals surface area contributed by atoms with Crippen molar-refractivity contribution in [3.05, 3.63) is 42.5 Å². The van der Waals surface area contributed by atoms with E-state index in [4.69, 9.17) is 4.74 Å². The minimum Gasteiger partial charge on any atom is -0.494 e. The number of hydrogen-bond acceptors (Lipinski definition) is 4. The van der Waals surface area contributed by atoms with Gasteiger partial charge in [0.1, 0.15) is 5.75 Å². The van der Waals surface area contributed by atoms with Crippen LogP contribution >= 0.6 is 0 Å². The zero-order valence-corrected chi connectivity index (χ0v) is 16.8. The molecule has 0 unspecified atom stereocenters. The van der Waals surface area contributed by atoms with Crippen molar-refractivity contribution in [3.8, 4) is 5.75 Å². The molecule has 1 atom stereocenters. The molecule has 1 aromatic carbocycles. The Hall–Kier alpha value is -1.85. The highest BCUT2D eigenvalue weighted by molar-refractivity contribution is 5.76. The second-order valence-corrected chi connectivity index (χ2v) is 7.81. The van der Waals surface area contributed by atoms with Crippen LogP contribution in [0.2, 0.25) is 0 Å². The van der Waals surface area contributed by atoms with E-state index >= 15 is 0 Å². The highest BCUT2D eigenvalue weighted by atomic mass is 16.5. The van der Waals surface area contributed by atoms with Crippen LogP contribution in [0.5, 0.6) is 5.75 Å². The smallest absolute Gasteiger partial charge is 0.222 e. The first-order valence-corrected chi connectivity index (χ1v) is 10.1. The molecule has 27 heavy (non-hydrogen) atoms. The van der Waals surface area contributed by atoms with E-state index in [1.54, 1.807) is 0 Å². The molecule has 1 aromatic rings. The van der Waals surface area contributed by atoms with Crippen LogP contribution in [-0.2, 0) is 11.3 Å². The third kappa shape index (κ3) is 4.71. The second kappa shape index (κ2) is 8.89. The summed E-state index contributed by atoms with van der Waals surface area (Å²) in [5.41, 5.74) is 1.41. The first-order valence-electron chi connectivity index (χ1n) is 10.1. The van der Waals surface area contributed by atoms with Crippen LogP contribution in [-0.4, -0.2) is 72.5 Å². The number of amides is 1. The number of carbonyl (C=O) groups is 1. The monoisotopic (exact) mass is 371 g/mol. The zero-order valence-electron chi connectivity index (χ0n) is 16.8. The van der Waals surface area contributed by atoms with Gasteiger partial charge in [0.25, 0.3) is 0 Å². The van der Waals surface area contributed by atoms with Crippen molar-refractivity contribution in [3.63, 3.8) is 0 Å². The average molecular weight is 372 g/mol. The predicted molar refractivity (Wildman–Crippen MR) is 109 cm³/mol. The van der Waals surface area contributed by atoms with Gasteiger partial charge in [-0.25, -0.2) is 0 Å². The number of likely N-dealkylation sites (N-methyl/N-ethyl adjacent to an activating group) is 1. The van der Waals surface area contributed by atoms with Crippen molar-refractivity contribution in [1.82, 2.24) is 14.7 Å². The molecule has 1 amide bonds. The second-order valence-electron chi connectivity index (χ2n) is 7.81. The number of carbonyl (C=O) groups excluding carboxylic acids is 1. The summed E-state index contributed by atoms with van der Waals surface area (Å²) < 4.78 is 5.54. The Balaban J connectivity index is 1.66. The van der Waals surface area contributed by atoms with Crippen molar-refractivity contribution in [2.45, 2.75) is 38.3 Å². The van der Waals surface area contributed by atoms with E-state index in [1.807, 2.05) is 17.9 Å². The molecule has 0 bridgehead atoms. The molecule has 2 aliphatic rings. The fraction of sp³-hybridized carbons (Fsp3) is 0.591. The highest BCUT2D eigenvalue weighted by Crippen LogP contribution is 2.32. The quantitative estimate of drug-likeness (QED) is 0.721. The molecule has 1 spiro atoms. The number of nitrogens with zero attached hydrogens (tertiary/aromatic N) is 3. The van der Waals surface area contributed by atoms with Gasteiger partial charge in [-0.15, -0.1) is 6.58 Å². The molecular weight excluding hydrogens is 338 g/mol. The lowest BCUT2D eigenvalue weighted by atomic mass is 9.86.